The van der Waals surface area contributed by atoms with Gasteiger partial charge in [-0.25, -0.2) is 4.79 Å². The van der Waals surface area contributed by atoms with Gasteiger partial charge in [0.1, 0.15) is 10.0 Å². The van der Waals surface area contributed by atoms with Crippen molar-refractivity contribution in [1.82, 2.24) is 9.47 Å². The van der Waals surface area contributed by atoms with Crippen LogP contribution in [0.5, 0.6) is 0 Å². The van der Waals surface area contributed by atoms with E-state index in [1.54, 1.807) is 36.0 Å². The van der Waals surface area contributed by atoms with Crippen molar-refractivity contribution in [1.29, 1.82) is 0 Å². The van der Waals surface area contributed by atoms with Gasteiger partial charge in [-0.1, -0.05) is 30.1 Å². The molecule has 7 heteroatoms. The second kappa shape index (κ2) is 6.28. The van der Waals surface area contributed by atoms with Crippen LogP contribution in [0.15, 0.2) is 29.8 Å². The Morgan fingerprint density at radius 1 is 1.57 bits per heavy atom. The number of rotatable bonds is 4. The monoisotopic (exact) mass is 322 g/mol. The first-order chi connectivity index (χ1) is 9.97. The van der Waals surface area contributed by atoms with Gasteiger partial charge in [0.2, 0.25) is 0 Å². The fraction of sp³-hybridized carbons (Fsp3) is 0.214. The Kier molecular flexibility index (Phi) is 4.64. The van der Waals surface area contributed by atoms with Crippen LogP contribution in [0.25, 0.3) is 6.08 Å². The zero-order valence-corrected chi connectivity index (χ0v) is 13.3. The molecule has 21 heavy (non-hydrogen) atoms. The van der Waals surface area contributed by atoms with Crippen molar-refractivity contribution in [3.05, 3.63) is 41.1 Å². The third-order valence-electron chi connectivity index (χ3n) is 2.90. The van der Waals surface area contributed by atoms with Crippen LogP contribution < -0.4 is 0 Å². The van der Waals surface area contributed by atoms with E-state index < -0.39 is 5.97 Å². The van der Waals surface area contributed by atoms with Crippen molar-refractivity contribution >= 4 is 46.3 Å². The SMILES string of the molecule is C=CCN1C(=O)C(=Cc2cc(C(=O)OC)n(C)c2)SC1=S. The van der Waals surface area contributed by atoms with Gasteiger partial charge in [0.15, 0.2) is 0 Å². The third-order valence-corrected chi connectivity index (χ3v) is 4.28. The molecule has 5 nitrogen and oxygen atoms in total. The molecule has 1 aromatic rings. The predicted molar refractivity (Wildman–Crippen MR) is 86.8 cm³/mol. The summed E-state index contributed by atoms with van der Waals surface area (Å²) in [5.41, 5.74) is 1.17. The number of hydrogen-bond donors (Lipinski definition) is 0. The number of nitrogens with zero attached hydrogens (tertiary/aromatic N) is 2. The third kappa shape index (κ3) is 3.08. The van der Waals surface area contributed by atoms with E-state index in [0.29, 0.717) is 21.5 Å². The zero-order valence-electron chi connectivity index (χ0n) is 11.7. The largest absolute Gasteiger partial charge is 0.464 e. The van der Waals surface area contributed by atoms with Gasteiger partial charge < -0.3 is 9.30 Å². The van der Waals surface area contributed by atoms with E-state index in [2.05, 4.69) is 6.58 Å². The average molecular weight is 322 g/mol. The Morgan fingerprint density at radius 2 is 2.29 bits per heavy atom. The van der Waals surface area contributed by atoms with E-state index in [9.17, 15) is 9.59 Å². The minimum absolute atomic E-state index is 0.145. The van der Waals surface area contributed by atoms with Gasteiger partial charge in [-0.2, -0.15) is 0 Å². The lowest BCUT2D eigenvalue weighted by Gasteiger charge is -2.10. The molecular formula is C14H14N2O3S2. The molecule has 0 bridgehead atoms. The van der Waals surface area contributed by atoms with Crippen LogP contribution >= 0.6 is 24.0 Å². The second-order valence-electron chi connectivity index (χ2n) is 4.34. The van der Waals surface area contributed by atoms with Gasteiger partial charge in [-0.05, 0) is 17.7 Å². The van der Waals surface area contributed by atoms with Crippen LogP contribution in [0.4, 0.5) is 0 Å². The van der Waals surface area contributed by atoms with Gasteiger partial charge in [-0.3, -0.25) is 9.69 Å². The molecule has 110 valence electrons. The minimum Gasteiger partial charge on any atom is -0.464 e. The van der Waals surface area contributed by atoms with E-state index in [-0.39, 0.29) is 5.91 Å². The van der Waals surface area contributed by atoms with Crippen molar-refractivity contribution < 1.29 is 14.3 Å². The molecule has 0 N–H and O–H groups in total. The Bertz CT molecular complexity index is 661. The number of ether oxygens (including phenoxy) is 1. The molecule has 1 fully saturated rings. The maximum atomic E-state index is 12.2. The summed E-state index contributed by atoms with van der Waals surface area (Å²) in [5.74, 6) is -0.565. The number of carbonyl (C=O) groups is 2. The molecule has 0 aliphatic carbocycles. The van der Waals surface area contributed by atoms with E-state index >= 15 is 0 Å². The quantitative estimate of drug-likeness (QED) is 0.368. The highest BCUT2D eigenvalue weighted by atomic mass is 32.2. The lowest BCUT2D eigenvalue weighted by atomic mass is 10.2. The first-order valence-electron chi connectivity index (χ1n) is 6.09. The number of esters is 1. The first-order valence-corrected chi connectivity index (χ1v) is 7.31. The number of thioether (sulfide) groups is 1. The summed E-state index contributed by atoms with van der Waals surface area (Å²) in [7, 11) is 3.07. The molecule has 1 saturated heterocycles. The molecule has 1 aliphatic rings. The molecule has 1 aliphatic heterocycles. The second-order valence-corrected chi connectivity index (χ2v) is 6.02. The zero-order chi connectivity index (χ0) is 15.6. The first kappa shape index (κ1) is 15.5. The Hall–Kier alpha value is -1.86. The Balaban J connectivity index is 2.29. The van der Waals surface area contributed by atoms with Gasteiger partial charge in [0.25, 0.3) is 5.91 Å². The topological polar surface area (TPSA) is 51.5 Å². The summed E-state index contributed by atoms with van der Waals surface area (Å²) in [6, 6.07) is 1.67. The molecule has 0 unspecified atom stereocenters. The molecule has 0 radical (unpaired) electrons. The molecule has 1 aromatic heterocycles. The number of amides is 1. The highest BCUT2D eigenvalue weighted by molar-refractivity contribution is 8.26. The lowest BCUT2D eigenvalue weighted by Crippen LogP contribution is -2.27. The average Bonchev–Trinajstić information content (AvgIpc) is 2.94. The van der Waals surface area contributed by atoms with Crippen molar-refractivity contribution in [3.8, 4) is 0 Å². The lowest BCUT2D eigenvalue weighted by molar-refractivity contribution is -0.121. The molecular weight excluding hydrogens is 308 g/mol. The maximum Gasteiger partial charge on any atom is 0.354 e. The summed E-state index contributed by atoms with van der Waals surface area (Å²) in [4.78, 5) is 25.8. The highest BCUT2D eigenvalue weighted by Crippen LogP contribution is 2.32. The summed E-state index contributed by atoms with van der Waals surface area (Å²) in [5, 5.41) is 0. The molecule has 0 atom stereocenters. The highest BCUT2D eigenvalue weighted by Gasteiger charge is 2.31. The van der Waals surface area contributed by atoms with Crippen LogP contribution in [0.2, 0.25) is 0 Å². The number of thiocarbonyl (C=S) groups is 1. The van der Waals surface area contributed by atoms with Gasteiger partial charge in [0, 0.05) is 19.8 Å². The fourth-order valence-corrected chi connectivity index (χ4v) is 3.19. The fourth-order valence-electron chi connectivity index (χ4n) is 1.91. The summed E-state index contributed by atoms with van der Waals surface area (Å²) in [6.45, 7) is 4.00. The number of aryl methyl sites for hydroxylation is 1. The van der Waals surface area contributed by atoms with E-state index in [4.69, 9.17) is 17.0 Å². The number of methoxy groups -OCH3 is 1. The number of hydrogen-bond acceptors (Lipinski definition) is 5. The van der Waals surface area contributed by atoms with Gasteiger partial charge in [-0.15, -0.1) is 6.58 Å². The molecule has 2 heterocycles. The van der Waals surface area contributed by atoms with Crippen molar-refractivity contribution in [2.24, 2.45) is 7.05 Å². The van der Waals surface area contributed by atoms with Crippen LogP contribution in [0.3, 0.4) is 0 Å². The van der Waals surface area contributed by atoms with Crippen LogP contribution in [-0.2, 0) is 16.6 Å². The van der Waals surface area contributed by atoms with Gasteiger partial charge in [0.05, 0.1) is 12.0 Å². The molecule has 0 saturated carbocycles. The van der Waals surface area contributed by atoms with Crippen molar-refractivity contribution in [2.75, 3.05) is 13.7 Å². The maximum absolute atomic E-state index is 12.2. The van der Waals surface area contributed by atoms with Crippen molar-refractivity contribution in [3.63, 3.8) is 0 Å². The van der Waals surface area contributed by atoms with Gasteiger partial charge >= 0.3 is 5.97 Å². The Labute approximate surface area is 132 Å². The Morgan fingerprint density at radius 3 is 2.90 bits per heavy atom. The molecule has 1 amide bonds. The van der Waals surface area contributed by atoms with Crippen LogP contribution in [0, 0.1) is 0 Å². The van der Waals surface area contributed by atoms with Crippen LogP contribution in [0.1, 0.15) is 16.1 Å². The molecule has 2 rings (SSSR count). The standard InChI is InChI=1S/C14H14N2O3S2/c1-4-5-16-12(17)11(21-14(16)20)7-9-6-10(13(18)19-3)15(2)8-9/h4,6-8H,1,5H2,2-3H3. The minimum atomic E-state index is -0.420. The van der Waals surface area contributed by atoms with Crippen LogP contribution in [-0.4, -0.2) is 39.3 Å². The molecule has 0 spiro atoms. The smallest absolute Gasteiger partial charge is 0.354 e. The summed E-state index contributed by atoms with van der Waals surface area (Å²) < 4.78 is 6.86. The number of carbonyl (C=O) groups excluding carboxylic acids is 2. The summed E-state index contributed by atoms with van der Waals surface area (Å²) in [6.07, 6.45) is 5.10. The van der Waals surface area contributed by atoms with Crippen molar-refractivity contribution in [2.45, 2.75) is 0 Å². The summed E-state index contributed by atoms with van der Waals surface area (Å²) >= 11 is 6.41. The van der Waals surface area contributed by atoms with E-state index in [1.807, 2.05) is 0 Å². The van der Waals surface area contributed by atoms with E-state index in [0.717, 1.165) is 5.56 Å². The predicted octanol–water partition coefficient (Wildman–Crippen LogP) is 2.20. The number of aromatic nitrogens is 1. The molecule has 0 aromatic carbocycles. The van der Waals surface area contributed by atoms with E-state index in [1.165, 1.54) is 23.8 Å². The normalized spacial score (nSPS) is 16.7.